The van der Waals surface area contributed by atoms with Gasteiger partial charge in [-0.25, -0.2) is 4.79 Å². The summed E-state index contributed by atoms with van der Waals surface area (Å²) in [7, 11) is 0. The molecule has 0 spiro atoms. The minimum absolute atomic E-state index is 0.0985. The average molecular weight is 344 g/mol. The molecule has 2 aliphatic rings. The number of hydrogen-bond acceptors (Lipinski definition) is 3. The summed E-state index contributed by atoms with van der Waals surface area (Å²) in [6, 6.07) is 6.15. The number of anilines is 1. The van der Waals surface area contributed by atoms with Crippen LogP contribution >= 0.6 is 0 Å². The van der Waals surface area contributed by atoms with Crippen LogP contribution in [0.5, 0.6) is 0 Å². The highest BCUT2D eigenvalue weighted by molar-refractivity contribution is 5.97. The number of urea groups is 1. The second-order valence-corrected chi connectivity index (χ2v) is 7.04. The van der Waals surface area contributed by atoms with Crippen molar-refractivity contribution in [2.24, 2.45) is 0 Å². The highest BCUT2D eigenvalue weighted by Gasteiger charge is 2.45. The molecule has 3 atom stereocenters. The largest absolute Gasteiger partial charge is 0.343 e. The SMILES string of the molecule is CC(C)c1ccc(NC(=O)N[C@H]2C[C@H]3C(=O)N[C@H](C)C(=O)N3C2)cc1. The summed E-state index contributed by atoms with van der Waals surface area (Å²) in [6.45, 7) is 6.26. The van der Waals surface area contributed by atoms with Gasteiger partial charge in [0.05, 0.1) is 6.04 Å². The first-order chi connectivity index (χ1) is 11.8. The maximum atomic E-state index is 12.2. The molecule has 0 radical (unpaired) electrons. The van der Waals surface area contributed by atoms with Crippen LogP contribution in [0.3, 0.4) is 0 Å². The monoisotopic (exact) mass is 344 g/mol. The molecule has 0 bridgehead atoms. The van der Waals surface area contributed by atoms with Gasteiger partial charge < -0.3 is 20.9 Å². The predicted molar refractivity (Wildman–Crippen MR) is 94.2 cm³/mol. The fraction of sp³-hybridized carbons (Fsp3) is 0.500. The van der Waals surface area contributed by atoms with Gasteiger partial charge in [0, 0.05) is 12.2 Å². The van der Waals surface area contributed by atoms with E-state index in [9.17, 15) is 14.4 Å². The van der Waals surface area contributed by atoms with Crippen LogP contribution in [0.2, 0.25) is 0 Å². The van der Waals surface area contributed by atoms with Crippen LogP contribution in [0.25, 0.3) is 0 Å². The second-order valence-electron chi connectivity index (χ2n) is 7.04. The molecule has 3 N–H and O–H groups in total. The summed E-state index contributed by atoms with van der Waals surface area (Å²) in [6.07, 6.45) is 0.435. The van der Waals surface area contributed by atoms with Gasteiger partial charge in [0.2, 0.25) is 11.8 Å². The third-order valence-electron chi connectivity index (χ3n) is 4.79. The van der Waals surface area contributed by atoms with E-state index in [-0.39, 0.29) is 23.9 Å². The van der Waals surface area contributed by atoms with Crippen LogP contribution < -0.4 is 16.0 Å². The molecule has 1 aromatic rings. The van der Waals surface area contributed by atoms with Crippen molar-refractivity contribution in [2.45, 2.75) is 51.2 Å². The molecule has 2 aliphatic heterocycles. The lowest BCUT2D eigenvalue weighted by molar-refractivity contribution is -0.146. The van der Waals surface area contributed by atoms with Crippen molar-refractivity contribution in [1.82, 2.24) is 15.5 Å². The van der Waals surface area contributed by atoms with Crippen molar-refractivity contribution in [3.63, 3.8) is 0 Å². The number of carbonyl (C=O) groups excluding carboxylic acids is 3. The Morgan fingerprint density at radius 3 is 2.56 bits per heavy atom. The Hall–Kier alpha value is -2.57. The Morgan fingerprint density at radius 1 is 1.24 bits per heavy atom. The summed E-state index contributed by atoms with van der Waals surface area (Å²) in [4.78, 5) is 37.9. The lowest BCUT2D eigenvalue weighted by atomic mass is 10.0. The summed E-state index contributed by atoms with van der Waals surface area (Å²) in [5.41, 5.74) is 1.91. The number of hydrogen-bond donors (Lipinski definition) is 3. The molecule has 2 heterocycles. The standard InChI is InChI=1S/C18H24N4O3/c1-10(2)12-4-6-13(7-5-12)20-18(25)21-14-8-15-16(23)19-11(3)17(24)22(15)9-14/h4-7,10-11,14-15H,8-9H2,1-3H3,(H,19,23)(H2,20,21,25)/t11-,14+,15+/m1/s1. The molecule has 7 heteroatoms. The molecule has 0 aromatic heterocycles. The number of nitrogens with zero attached hydrogens (tertiary/aromatic N) is 1. The van der Waals surface area contributed by atoms with Gasteiger partial charge in [-0.05, 0) is 37.0 Å². The van der Waals surface area contributed by atoms with Gasteiger partial charge in [-0.3, -0.25) is 9.59 Å². The minimum Gasteiger partial charge on any atom is -0.343 e. The molecule has 25 heavy (non-hydrogen) atoms. The van der Waals surface area contributed by atoms with E-state index >= 15 is 0 Å². The van der Waals surface area contributed by atoms with Gasteiger partial charge in [-0.2, -0.15) is 0 Å². The zero-order valence-electron chi connectivity index (χ0n) is 14.7. The molecule has 134 valence electrons. The van der Waals surface area contributed by atoms with Gasteiger partial charge in [-0.1, -0.05) is 26.0 Å². The Balaban J connectivity index is 1.57. The molecule has 2 saturated heterocycles. The molecule has 2 fully saturated rings. The second kappa shape index (κ2) is 6.74. The van der Waals surface area contributed by atoms with Crippen LogP contribution in [-0.4, -0.2) is 47.4 Å². The van der Waals surface area contributed by atoms with Crippen LogP contribution in [0, 0.1) is 0 Å². The summed E-state index contributed by atoms with van der Waals surface area (Å²) in [5, 5.41) is 8.32. The lowest BCUT2D eigenvalue weighted by Crippen LogP contribution is -2.60. The first-order valence-electron chi connectivity index (χ1n) is 8.63. The summed E-state index contributed by atoms with van der Waals surface area (Å²) in [5.74, 6) is 0.185. The van der Waals surface area contributed by atoms with E-state index in [0.717, 1.165) is 0 Å². The predicted octanol–water partition coefficient (Wildman–Crippen LogP) is 1.42. The first kappa shape index (κ1) is 17.3. The zero-order chi connectivity index (χ0) is 18.1. The summed E-state index contributed by atoms with van der Waals surface area (Å²) < 4.78 is 0. The molecule has 7 nitrogen and oxygen atoms in total. The maximum absolute atomic E-state index is 12.2. The number of fused-ring (bicyclic) bond motifs is 1. The first-order valence-corrected chi connectivity index (χ1v) is 8.63. The number of amides is 4. The molecular formula is C18H24N4O3. The van der Waals surface area contributed by atoms with Crippen molar-refractivity contribution in [3.05, 3.63) is 29.8 Å². The fourth-order valence-electron chi connectivity index (χ4n) is 3.36. The molecule has 3 rings (SSSR count). The van der Waals surface area contributed by atoms with Crippen molar-refractivity contribution < 1.29 is 14.4 Å². The summed E-state index contributed by atoms with van der Waals surface area (Å²) >= 11 is 0. The topological polar surface area (TPSA) is 90.5 Å². The van der Waals surface area contributed by atoms with Crippen molar-refractivity contribution in [1.29, 1.82) is 0 Å². The third-order valence-corrected chi connectivity index (χ3v) is 4.79. The fourth-order valence-corrected chi connectivity index (χ4v) is 3.36. The van der Waals surface area contributed by atoms with Gasteiger partial charge in [0.25, 0.3) is 0 Å². The number of carbonyl (C=O) groups is 3. The quantitative estimate of drug-likeness (QED) is 0.774. The third kappa shape index (κ3) is 3.60. The van der Waals surface area contributed by atoms with Crippen molar-refractivity contribution in [2.75, 3.05) is 11.9 Å². The van der Waals surface area contributed by atoms with Crippen molar-refractivity contribution >= 4 is 23.5 Å². The van der Waals surface area contributed by atoms with E-state index in [1.54, 1.807) is 11.8 Å². The smallest absolute Gasteiger partial charge is 0.319 e. The van der Waals surface area contributed by atoms with Gasteiger partial charge in [-0.15, -0.1) is 0 Å². The van der Waals surface area contributed by atoms with E-state index in [0.29, 0.717) is 24.6 Å². The molecule has 0 saturated carbocycles. The number of nitrogens with one attached hydrogen (secondary N) is 3. The van der Waals surface area contributed by atoms with Crippen LogP contribution in [-0.2, 0) is 9.59 Å². The normalized spacial score (nSPS) is 25.6. The Bertz CT molecular complexity index is 686. The molecule has 0 unspecified atom stereocenters. The average Bonchev–Trinajstić information content (AvgIpc) is 2.97. The van der Waals surface area contributed by atoms with E-state index in [4.69, 9.17) is 0 Å². The number of rotatable bonds is 3. The van der Waals surface area contributed by atoms with Gasteiger partial charge >= 0.3 is 6.03 Å². The van der Waals surface area contributed by atoms with Crippen molar-refractivity contribution in [3.8, 4) is 0 Å². The highest BCUT2D eigenvalue weighted by atomic mass is 16.2. The number of piperazine rings is 1. The van der Waals surface area contributed by atoms with E-state index in [1.165, 1.54) is 5.56 Å². The van der Waals surface area contributed by atoms with Crippen LogP contribution in [0.4, 0.5) is 10.5 Å². The van der Waals surface area contributed by atoms with E-state index in [2.05, 4.69) is 29.8 Å². The Morgan fingerprint density at radius 2 is 1.92 bits per heavy atom. The van der Waals surface area contributed by atoms with E-state index in [1.807, 2.05) is 24.3 Å². The maximum Gasteiger partial charge on any atom is 0.319 e. The minimum atomic E-state index is -0.504. The lowest BCUT2D eigenvalue weighted by Gasteiger charge is -2.32. The Kier molecular flexibility index (Phi) is 4.65. The highest BCUT2D eigenvalue weighted by Crippen LogP contribution is 2.23. The van der Waals surface area contributed by atoms with Crippen LogP contribution in [0.1, 0.15) is 38.7 Å². The van der Waals surface area contributed by atoms with Crippen LogP contribution in [0.15, 0.2) is 24.3 Å². The molecule has 1 aromatic carbocycles. The van der Waals surface area contributed by atoms with E-state index < -0.39 is 12.1 Å². The van der Waals surface area contributed by atoms with Gasteiger partial charge in [0.1, 0.15) is 12.1 Å². The number of benzene rings is 1. The molecular weight excluding hydrogens is 320 g/mol. The zero-order valence-corrected chi connectivity index (χ0v) is 14.7. The molecule has 4 amide bonds. The van der Waals surface area contributed by atoms with Gasteiger partial charge in [0.15, 0.2) is 0 Å². The Labute approximate surface area is 147 Å². The molecule has 0 aliphatic carbocycles.